The van der Waals surface area contributed by atoms with E-state index in [0.717, 1.165) is 30.4 Å². The van der Waals surface area contributed by atoms with Crippen molar-refractivity contribution in [3.8, 4) is 5.75 Å². The Morgan fingerprint density at radius 2 is 1.88 bits per heavy atom. The number of aryl methyl sites for hydroxylation is 1. The lowest BCUT2D eigenvalue weighted by molar-refractivity contribution is 0.0999. The Bertz CT molecular complexity index is 673. The highest BCUT2D eigenvalue weighted by molar-refractivity contribution is 5.74. The molecule has 1 fully saturated rings. The van der Waals surface area contributed by atoms with Gasteiger partial charge >= 0.3 is 6.03 Å². The average molecular weight is 340 g/mol. The van der Waals surface area contributed by atoms with Crippen molar-refractivity contribution in [3.63, 3.8) is 0 Å². The number of ether oxygens (including phenoxy) is 1. The summed E-state index contributed by atoms with van der Waals surface area (Å²) in [5.74, 6) is 0.271. The predicted octanol–water partition coefficient (Wildman–Crippen LogP) is 3.15. The second-order valence-corrected chi connectivity index (χ2v) is 6.27. The van der Waals surface area contributed by atoms with E-state index in [4.69, 9.17) is 4.74 Å². The Morgan fingerprint density at radius 3 is 2.64 bits per heavy atom. The maximum Gasteiger partial charge on any atom is 0.315 e. The van der Waals surface area contributed by atoms with Crippen LogP contribution in [0.3, 0.4) is 0 Å². The Morgan fingerprint density at radius 1 is 1.12 bits per heavy atom. The van der Waals surface area contributed by atoms with Gasteiger partial charge in [0.05, 0.1) is 6.04 Å². The lowest BCUT2D eigenvalue weighted by Gasteiger charge is -2.20. The van der Waals surface area contributed by atoms with E-state index in [1.165, 1.54) is 0 Å². The standard InChI is InChI=1S/C20H24N2O3/c23-17-10-8-15(9-11-17)5-4-13-21-20(24)22-18-12-14-25-19(18)16-6-2-1-3-7-16/h1-3,6-11,18-19,23H,4-5,12-14H2,(H2,21,22,24)/t18-,19-/m0/s1. The number of hydrogen-bond donors (Lipinski definition) is 3. The van der Waals surface area contributed by atoms with Crippen molar-refractivity contribution in [3.05, 3.63) is 65.7 Å². The first kappa shape index (κ1) is 17.3. The third-order valence-corrected chi connectivity index (χ3v) is 4.40. The van der Waals surface area contributed by atoms with Crippen LogP contribution < -0.4 is 10.6 Å². The number of benzene rings is 2. The molecule has 1 saturated heterocycles. The number of phenols is 1. The number of rotatable bonds is 6. The zero-order valence-electron chi connectivity index (χ0n) is 14.2. The molecule has 0 saturated carbocycles. The Labute approximate surface area is 148 Å². The van der Waals surface area contributed by atoms with E-state index >= 15 is 0 Å². The third kappa shape index (κ3) is 4.97. The van der Waals surface area contributed by atoms with Crippen molar-refractivity contribution >= 4 is 6.03 Å². The molecular weight excluding hydrogens is 316 g/mol. The fourth-order valence-corrected chi connectivity index (χ4v) is 3.09. The van der Waals surface area contributed by atoms with E-state index in [9.17, 15) is 9.90 Å². The van der Waals surface area contributed by atoms with Gasteiger partial charge in [0.15, 0.2) is 0 Å². The Hall–Kier alpha value is -2.53. The molecule has 2 aromatic rings. The third-order valence-electron chi connectivity index (χ3n) is 4.40. The summed E-state index contributed by atoms with van der Waals surface area (Å²) < 4.78 is 5.78. The van der Waals surface area contributed by atoms with Gasteiger partial charge in [-0.2, -0.15) is 0 Å². The van der Waals surface area contributed by atoms with Gasteiger partial charge in [-0.15, -0.1) is 0 Å². The second-order valence-electron chi connectivity index (χ2n) is 6.27. The highest BCUT2D eigenvalue weighted by Gasteiger charge is 2.30. The van der Waals surface area contributed by atoms with Gasteiger partial charge in [0, 0.05) is 13.2 Å². The van der Waals surface area contributed by atoms with E-state index in [-0.39, 0.29) is 23.9 Å². The number of nitrogens with one attached hydrogen (secondary N) is 2. The summed E-state index contributed by atoms with van der Waals surface area (Å²) in [5, 5.41) is 15.2. The summed E-state index contributed by atoms with van der Waals surface area (Å²) in [5.41, 5.74) is 2.24. The van der Waals surface area contributed by atoms with Crippen molar-refractivity contribution in [1.29, 1.82) is 0 Å². The van der Waals surface area contributed by atoms with E-state index < -0.39 is 0 Å². The quantitative estimate of drug-likeness (QED) is 0.708. The van der Waals surface area contributed by atoms with Crippen LogP contribution in [0.1, 0.15) is 30.1 Å². The number of amides is 2. The zero-order chi connectivity index (χ0) is 17.5. The molecule has 3 rings (SSSR count). The first-order chi connectivity index (χ1) is 12.2. The molecule has 5 nitrogen and oxygen atoms in total. The molecule has 25 heavy (non-hydrogen) atoms. The normalized spacial score (nSPS) is 19.5. The van der Waals surface area contributed by atoms with Crippen LogP contribution >= 0.6 is 0 Å². The summed E-state index contributed by atoms with van der Waals surface area (Å²) in [6.45, 7) is 1.27. The highest BCUT2D eigenvalue weighted by atomic mass is 16.5. The highest BCUT2D eigenvalue weighted by Crippen LogP contribution is 2.28. The second kappa shape index (κ2) is 8.53. The molecule has 0 bridgehead atoms. The minimum atomic E-state index is -0.151. The Kier molecular flexibility index (Phi) is 5.90. The molecule has 0 unspecified atom stereocenters. The molecular formula is C20H24N2O3. The van der Waals surface area contributed by atoms with Gasteiger partial charge in [0.2, 0.25) is 0 Å². The minimum absolute atomic E-state index is 0.000464. The molecule has 0 radical (unpaired) electrons. The van der Waals surface area contributed by atoms with Gasteiger partial charge in [0.1, 0.15) is 11.9 Å². The fourth-order valence-electron chi connectivity index (χ4n) is 3.09. The van der Waals surface area contributed by atoms with Crippen molar-refractivity contribution < 1.29 is 14.6 Å². The number of hydrogen-bond acceptors (Lipinski definition) is 3. The maximum atomic E-state index is 12.1. The number of carbonyl (C=O) groups excluding carboxylic acids is 1. The molecule has 0 aliphatic carbocycles. The van der Waals surface area contributed by atoms with Crippen LogP contribution in [0.5, 0.6) is 5.75 Å². The van der Waals surface area contributed by atoms with Crippen LogP contribution in [0.25, 0.3) is 0 Å². The average Bonchev–Trinajstić information content (AvgIpc) is 3.09. The van der Waals surface area contributed by atoms with Crippen molar-refractivity contribution in [1.82, 2.24) is 10.6 Å². The van der Waals surface area contributed by atoms with Crippen LogP contribution in [0, 0.1) is 0 Å². The van der Waals surface area contributed by atoms with E-state index in [1.807, 2.05) is 42.5 Å². The number of phenolic OH excluding ortho intramolecular Hbond substituents is 1. The first-order valence-corrected chi connectivity index (χ1v) is 8.71. The van der Waals surface area contributed by atoms with E-state index in [0.29, 0.717) is 13.2 Å². The van der Waals surface area contributed by atoms with Gasteiger partial charge in [-0.3, -0.25) is 0 Å². The van der Waals surface area contributed by atoms with Crippen LogP contribution in [-0.2, 0) is 11.2 Å². The number of aromatic hydroxyl groups is 1. The predicted molar refractivity (Wildman–Crippen MR) is 96.5 cm³/mol. The fraction of sp³-hybridized carbons (Fsp3) is 0.350. The zero-order valence-corrected chi connectivity index (χ0v) is 14.2. The van der Waals surface area contributed by atoms with E-state index in [1.54, 1.807) is 12.1 Å². The Balaban J connectivity index is 1.40. The van der Waals surface area contributed by atoms with E-state index in [2.05, 4.69) is 10.6 Å². The molecule has 0 spiro atoms. The summed E-state index contributed by atoms with van der Waals surface area (Å²) in [6.07, 6.45) is 2.45. The summed E-state index contributed by atoms with van der Waals surface area (Å²) in [7, 11) is 0. The monoisotopic (exact) mass is 340 g/mol. The van der Waals surface area contributed by atoms with Gasteiger partial charge in [-0.05, 0) is 42.5 Å². The first-order valence-electron chi connectivity index (χ1n) is 8.71. The molecule has 2 amide bonds. The topological polar surface area (TPSA) is 70.6 Å². The minimum Gasteiger partial charge on any atom is -0.508 e. The molecule has 0 aromatic heterocycles. The van der Waals surface area contributed by atoms with Crippen molar-refractivity contribution in [2.45, 2.75) is 31.4 Å². The van der Waals surface area contributed by atoms with Crippen LogP contribution in [0.4, 0.5) is 4.79 Å². The van der Waals surface area contributed by atoms with Crippen molar-refractivity contribution in [2.75, 3.05) is 13.2 Å². The van der Waals surface area contributed by atoms with Crippen LogP contribution in [-0.4, -0.2) is 30.3 Å². The lowest BCUT2D eigenvalue weighted by Crippen LogP contribution is -2.43. The molecule has 1 aliphatic rings. The van der Waals surface area contributed by atoms with Crippen LogP contribution in [0.2, 0.25) is 0 Å². The van der Waals surface area contributed by atoms with Gasteiger partial charge < -0.3 is 20.5 Å². The van der Waals surface area contributed by atoms with Gasteiger partial charge in [-0.25, -0.2) is 4.79 Å². The summed E-state index contributed by atoms with van der Waals surface area (Å²) in [4.78, 5) is 12.1. The van der Waals surface area contributed by atoms with Gasteiger partial charge in [-0.1, -0.05) is 42.5 Å². The molecule has 132 valence electrons. The van der Waals surface area contributed by atoms with Crippen molar-refractivity contribution in [2.24, 2.45) is 0 Å². The number of urea groups is 1. The molecule has 2 aromatic carbocycles. The number of carbonyl (C=O) groups is 1. The SMILES string of the molecule is O=C(NCCCc1ccc(O)cc1)N[C@H]1CCO[C@H]1c1ccccc1. The molecule has 1 heterocycles. The molecule has 2 atom stereocenters. The molecule has 3 N–H and O–H groups in total. The maximum absolute atomic E-state index is 12.1. The smallest absolute Gasteiger partial charge is 0.315 e. The van der Waals surface area contributed by atoms with Gasteiger partial charge in [0.25, 0.3) is 0 Å². The summed E-state index contributed by atoms with van der Waals surface area (Å²) >= 11 is 0. The van der Waals surface area contributed by atoms with Crippen LogP contribution in [0.15, 0.2) is 54.6 Å². The molecule has 1 aliphatic heterocycles. The molecule has 5 heteroatoms. The lowest BCUT2D eigenvalue weighted by atomic mass is 10.0. The largest absolute Gasteiger partial charge is 0.508 e. The summed E-state index contributed by atoms with van der Waals surface area (Å²) in [6, 6.07) is 17.0.